The van der Waals surface area contributed by atoms with Gasteiger partial charge in [0.05, 0.1) is 5.92 Å². The van der Waals surface area contributed by atoms with Crippen LogP contribution in [0.15, 0.2) is 84.9 Å². The number of imide groups is 1. The highest BCUT2D eigenvalue weighted by Crippen LogP contribution is 2.34. The van der Waals surface area contributed by atoms with Gasteiger partial charge >= 0.3 is 12.0 Å². The summed E-state index contributed by atoms with van der Waals surface area (Å²) in [6.07, 6.45) is 0.246. The number of anilines is 1. The first-order chi connectivity index (χ1) is 14.6. The Morgan fingerprint density at radius 3 is 2.13 bits per heavy atom. The summed E-state index contributed by atoms with van der Waals surface area (Å²) < 4.78 is 0. The fraction of sp³-hybridized carbons (Fsp3) is 0.125. The molecular weight excluding hydrogens is 380 g/mol. The number of benzene rings is 3. The number of hydrogen-bond acceptors (Lipinski definition) is 3. The van der Waals surface area contributed by atoms with Crippen molar-refractivity contribution < 1.29 is 19.5 Å². The van der Waals surface area contributed by atoms with Gasteiger partial charge in [0.25, 0.3) is 0 Å². The van der Waals surface area contributed by atoms with E-state index < -0.39 is 29.9 Å². The second-order valence-electron chi connectivity index (χ2n) is 7.12. The van der Waals surface area contributed by atoms with Gasteiger partial charge in [-0.05, 0) is 35.2 Å². The average Bonchev–Trinajstić information content (AvgIpc) is 2.76. The lowest BCUT2D eigenvalue weighted by molar-refractivity contribution is -0.165. The molecule has 3 aromatic carbocycles. The lowest BCUT2D eigenvalue weighted by Gasteiger charge is -2.43. The lowest BCUT2D eigenvalue weighted by atomic mass is 9.81. The third-order valence-corrected chi connectivity index (χ3v) is 5.25. The van der Waals surface area contributed by atoms with Gasteiger partial charge in [-0.3, -0.25) is 4.79 Å². The number of nitrogens with zero attached hydrogens (tertiary/aromatic N) is 1. The van der Waals surface area contributed by atoms with Gasteiger partial charge in [-0.15, -0.1) is 0 Å². The van der Waals surface area contributed by atoms with Gasteiger partial charge in [-0.1, -0.05) is 72.8 Å². The number of aliphatic carboxylic acids is 1. The van der Waals surface area contributed by atoms with Crippen molar-refractivity contribution >= 4 is 23.6 Å². The Morgan fingerprint density at radius 2 is 1.47 bits per heavy atom. The zero-order valence-electron chi connectivity index (χ0n) is 16.1. The van der Waals surface area contributed by atoms with Crippen LogP contribution >= 0.6 is 0 Å². The fourth-order valence-corrected chi connectivity index (χ4v) is 3.80. The van der Waals surface area contributed by atoms with Gasteiger partial charge in [-0.2, -0.15) is 0 Å². The van der Waals surface area contributed by atoms with Crippen molar-refractivity contribution in [2.24, 2.45) is 5.92 Å². The third kappa shape index (κ3) is 3.67. The van der Waals surface area contributed by atoms with E-state index in [0.717, 1.165) is 21.6 Å². The van der Waals surface area contributed by atoms with Gasteiger partial charge in [0.1, 0.15) is 0 Å². The molecule has 0 saturated carbocycles. The molecule has 1 saturated heterocycles. The zero-order chi connectivity index (χ0) is 21.1. The first-order valence-electron chi connectivity index (χ1n) is 9.61. The number of amides is 3. The molecule has 3 amide bonds. The number of urea groups is 1. The maximum Gasteiger partial charge on any atom is 0.329 e. The van der Waals surface area contributed by atoms with E-state index in [1.165, 1.54) is 0 Å². The lowest BCUT2D eigenvalue weighted by Crippen LogP contribution is -2.67. The number of para-hydroxylation sites is 1. The van der Waals surface area contributed by atoms with Crippen LogP contribution in [0, 0.1) is 5.92 Å². The molecule has 6 nitrogen and oxygen atoms in total. The normalized spacial score (nSPS) is 17.9. The van der Waals surface area contributed by atoms with E-state index in [1.807, 2.05) is 54.6 Å². The van der Waals surface area contributed by atoms with Crippen LogP contribution in [0.1, 0.15) is 5.56 Å². The van der Waals surface area contributed by atoms with Gasteiger partial charge in [-0.25, -0.2) is 14.5 Å². The molecule has 1 aliphatic heterocycles. The summed E-state index contributed by atoms with van der Waals surface area (Å²) >= 11 is 0. The maximum atomic E-state index is 12.8. The molecule has 150 valence electrons. The van der Waals surface area contributed by atoms with E-state index in [2.05, 4.69) is 5.32 Å². The average molecular weight is 400 g/mol. The minimum Gasteiger partial charge on any atom is -0.480 e. The fourth-order valence-electron chi connectivity index (χ4n) is 3.80. The van der Waals surface area contributed by atoms with Gasteiger partial charge in [0.2, 0.25) is 5.91 Å². The molecule has 2 atom stereocenters. The molecule has 30 heavy (non-hydrogen) atoms. The summed E-state index contributed by atoms with van der Waals surface area (Å²) in [5.41, 5.74) is 3.31. The second kappa shape index (κ2) is 8.21. The molecule has 1 fully saturated rings. The first kappa shape index (κ1) is 19.4. The molecule has 3 aromatic rings. The smallest absolute Gasteiger partial charge is 0.329 e. The molecule has 1 aliphatic rings. The molecule has 0 unspecified atom stereocenters. The van der Waals surface area contributed by atoms with Crippen LogP contribution in [0.2, 0.25) is 0 Å². The van der Waals surface area contributed by atoms with E-state index in [9.17, 15) is 19.5 Å². The molecule has 0 spiro atoms. The number of likely N-dealkylation sites (tertiary alicyclic amines) is 1. The monoisotopic (exact) mass is 400 g/mol. The number of carbonyl (C=O) groups excluding carboxylic acids is 2. The Hall–Kier alpha value is -3.93. The molecule has 6 heteroatoms. The van der Waals surface area contributed by atoms with Crippen LogP contribution < -0.4 is 5.32 Å². The summed E-state index contributed by atoms with van der Waals surface area (Å²) in [5.74, 6) is -2.48. The molecule has 0 radical (unpaired) electrons. The summed E-state index contributed by atoms with van der Waals surface area (Å²) in [5, 5.41) is 12.3. The SMILES string of the molecule is O=C(O)[C@@H]1[C@@H](Cc2ccccc2-c2ccccc2)C(=O)N1C(=O)Nc1ccccc1. The second-order valence-corrected chi connectivity index (χ2v) is 7.12. The Morgan fingerprint density at radius 1 is 0.867 bits per heavy atom. The van der Waals surface area contributed by atoms with Gasteiger partial charge in [0.15, 0.2) is 6.04 Å². The van der Waals surface area contributed by atoms with Crippen LogP contribution in [-0.2, 0) is 16.0 Å². The molecule has 1 heterocycles. The van der Waals surface area contributed by atoms with Crippen LogP contribution in [0.5, 0.6) is 0 Å². The summed E-state index contributed by atoms with van der Waals surface area (Å²) in [7, 11) is 0. The predicted molar refractivity (Wildman–Crippen MR) is 113 cm³/mol. The number of nitrogens with one attached hydrogen (secondary N) is 1. The standard InChI is InChI=1S/C24H20N2O4/c27-22-20(15-17-11-7-8-14-19(17)16-9-3-1-4-10-16)21(23(28)29)26(22)24(30)25-18-12-5-2-6-13-18/h1-14,20-21H,15H2,(H,25,30)(H,28,29)/t20-,21+/m1/s1. The minimum atomic E-state index is -1.20. The highest BCUT2D eigenvalue weighted by Gasteiger charge is 2.54. The molecule has 2 N–H and O–H groups in total. The highest BCUT2D eigenvalue weighted by molar-refractivity contribution is 6.11. The molecule has 4 rings (SSSR count). The van der Waals surface area contributed by atoms with Gasteiger partial charge < -0.3 is 10.4 Å². The van der Waals surface area contributed by atoms with E-state index in [0.29, 0.717) is 5.69 Å². The summed E-state index contributed by atoms with van der Waals surface area (Å²) in [6.45, 7) is 0. The Bertz CT molecular complexity index is 1080. The van der Waals surface area contributed by atoms with E-state index in [4.69, 9.17) is 0 Å². The topological polar surface area (TPSA) is 86.7 Å². The number of hydrogen-bond donors (Lipinski definition) is 2. The van der Waals surface area contributed by atoms with Crippen LogP contribution in [0.4, 0.5) is 10.5 Å². The molecular formula is C24H20N2O4. The minimum absolute atomic E-state index is 0.246. The van der Waals surface area contributed by atoms with E-state index in [1.54, 1.807) is 30.3 Å². The Kier molecular flexibility index (Phi) is 5.30. The van der Waals surface area contributed by atoms with Crippen molar-refractivity contribution in [2.45, 2.75) is 12.5 Å². The molecule has 0 aromatic heterocycles. The highest BCUT2D eigenvalue weighted by atomic mass is 16.4. The number of carboxylic acid groups (broad SMARTS) is 1. The van der Waals surface area contributed by atoms with Crippen LogP contribution in [0.3, 0.4) is 0 Å². The molecule has 0 bridgehead atoms. The molecule has 0 aliphatic carbocycles. The van der Waals surface area contributed by atoms with Crippen LogP contribution in [-0.4, -0.2) is 34.0 Å². The summed E-state index contributed by atoms with van der Waals surface area (Å²) in [4.78, 5) is 38.0. The van der Waals surface area contributed by atoms with Crippen molar-refractivity contribution in [3.05, 3.63) is 90.5 Å². The quantitative estimate of drug-likeness (QED) is 0.633. The number of rotatable bonds is 5. The third-order valence-electron chi connectivity index (χ3n) is 5.25. The van der Waals surface area contributed by atoms with Crippen molar-refractivity contribution in [3.63, 3.8) is 0 Å². The van der Waals surface area contributed by atoms with Crippen molar-refractivity contribution in [2.75, 3.05) is 5.32 Å². The number of carboxylic acids is 1. The van der Waals surface area contributed by atoms with E-state index >= 15 is 0 Å². The van der Waals surface area contributed by atoms with Gasteiger partial charge in [0, 0.05) is 5.69 Å². The predicted octanol–water partition coefficient (Wildman–Crippen LogP) is 4.04. The van der Waals surface area contributed by atoms with Crippen LogP contribution in [0.25, 0.3) is 11.1 Å². The largest absolute Gasteiger partial charge is 0.480 e. The van der Waals surface area contributed by atoms with E-state index in [-0.39, 0.29) is 6.42 Å². The Labute approximate surface area is 173 Å². The van der Waals surface area contributed by atoms with Crippen molar-refractivity contribution in [3.8, 4) is 11.1 Å². The summed E-state index contributed by atoms with van der Waals surface area (Å²) in [6, 6.07) is 24.0. The Balaban J connectivity index is 1.56. The van der Waals surface area contributed by atoms with Crippen molar-refractivity contribution in [1.29, 1.82) is 0 Å². The number of β-lactam (4-membered cyclic amide) rings is 1. The van der Waals surface area contributed by atoms with Crippen molar-refractivity contribution in [1.82, 2.24) is 4.90 Å². The zero-order valence-corrected chi connectivity index (χ0v) is 16.1. The number of carbonyl (C=O) groups is 3. The first-order valence-corrected chi connectivity index (χ1v) is 9.61. The maximum absolute atomic E-state index is 12.8.